The van der Waals surface area contributed by atoms with Crippen molar-refractivity contribution in [3.05, 3.63) is 65.2 Å². The van der Waals surface area contributed by atoms with Crippen molar-refractivity contribution in [2.45, 2.75) is 44.1 Å². The summed E-state index contributed by atoms with van der Waals surface area (Å²) in [6.45, 7) is 2.18. The Bertz CT molecular complexity index is 927. The average molecular weight is 421 g/mol. The molecule has 1 heterocycles. The third kappa shape index (κ3) is 5.44. The first-order chi connectivity index (χ1) is 15.2. The van der Waals surface area contributed by atoms with E-state index in [2.05, 4.69) is 51.3 Å². The second kappa shape index (κ2) is 10.4. The molecule has 1 aliphatic heterocycles. The van der Waals surface area contributed by atoms with Crippen LogP contribution in [0.25, 0.3) is 0 Å². The summed E-state index contributed by atoms with van der Waals surface area (Å²) in [4.78, 5) is 16.3. The van der Waals surface area contributed by atoms with Gasteiger partial charge in [0.2, 0.25) is 5.91 Å². The molecular formula is C25H32N4O2. The highest BCUT2D eigenvalue weighted by atomic mass is 16.5. The van der Waals surface area contributed by atoms with Gasteiger partial charge in [0.15, 0.2) is 5.96 Å². The van der Waals surface area contributed by atoms with Crippen molar-refractivity contribution in [1.82, 2.24) is 10.6 Å². The molecule has 0 fully saturated rings. The predicted molar refractivity (Wildman–Crippen MR) is 124 cm³/mol. The molecule has 0 saturated heterocycles. The van der Waals surface area contributed by atoms with Crippen LogP contribution in [0, 0.1) is 0 Å². The van der Waals surface area contributed by atoms with Gasteiger partial charge in [-0.2, -0.15) is 0 Å². The van der Waals surface area contributed by atoms with Gasteiger partial charge in [0.05, 0.1) is 6.10 Å². The Morgan fingerprint density at radius 3 is 2.81 bits per heavy atom. The summed E-state index contributed by atoms with van der Waals surface area (Å²) in [6, 6.07) is 16.6. The van der Waals surface area contributed by atoms with Crippen molar-refractivity contribution in [3.8, 4) is 0 Å². The van der Waals surface area contributed by atoms with E-state index in [9.17, 15) is 4.79 Å². The lowest BCUT2D eigenvalue weighted by molar-refractivity contribution is -0.116. The molecule has 1 aliphatic carbocycles. The summed E-state index contributed by atoms with van der Waals surface area (Å²) in [7, 11) is 1.77. The Labute approximate surface area is 184 Å². The average Bonchev–Trinajstić information content (AvgIpc) is 2.80. The first-order valence-electron chi connectivity index (χ1n) is 11.3. The van der Waals surface area contributed by atoms with E-state index >= 15 is 0 Å². The maximum absolute atomic E-state index is 12.0. The van der Waals surface area contributed by atoms with Crippen LogP contribution < -0.4 is 16.0 Å². The van der Waals surface area contributed by atoms with E-state index in [1.54, 1.807) is 7.05 Å². The summed E-state index contributed by atoms with van der Waals surface area (Å²) in [5.41, 5.74) is 4.87. The van der Waals surface area contributed by atoms with Crippen molar-refractivity contribution in [3.63, 3.8) is 0 Å². The number of fused-ring (bicyclic) bond motifs is 2. The number of guanidine groups is 1. The molecule has 2 aromatic rings. The molecule has 2 unspecified atom stereocenters. The van der Waals surface area contributed by atoms with E-state index in [0.29, 0.717) is 13.0 Å². The fourth-order valence-corrected chi connectivity index (χ4v) is 4.51. The van der Waals surface area contributed by atoms with Crippen LogP contribution in [0.5, 0.6) is 0 Å². The summed E-state index contributed by atoms with van der Waals surface area (Å²) >= 11 is 0. The minimum atomic E-state index is 0.0647. The number of carbonyl (C=O) groups is 1. The largest absolute Gasteiger partial charge is 0.373 e. The van der Waals surface area contributed by atoms with Crippen molar-refractivity contribution < 1.29 is 9.53 Å². The maximum Gasteiger partial charge on any atom is 0.225 e. The number of aryl methyl sites for hydroxylation is 1. The number of hydrogen-bond donors (Lipinski definition) is 3. The number of rotatable bonds is 7. The summed E-state index contributed by atoms with van der Waals surface area (Å²) in [5, 5.41) is 9.68. The zero-order valence-corrected chi connectivity index (χ0v) is 18.2. The Morgan fingerprint density at radius 1 is 1.13 bits per heavy atom. The van der Waals surface area contributed by atoms with Crippen LogP contribution in [0.4, 0.5) is 5.69 Å². The number of anilines is 1. The molecule has 6 heteroatoms. The van der Waals surface area contributed by atoms with Gasteiger partial charge in [0.1, 0.15) is 0 Å². The fourth-order valence-electron chi connectivity index (χ4n) is 4.51. The predicted octanol–water partition coefficient (Wildman–Crippen LogP) is 3.76. The van der Waals surface area contributed by atoms with Gasteiger partial charge >= 0.3 is 0 Å². The van der Waals surface area contributed by atoms with Crippen LogP contribution in [0.2, 0.25) is 0 Å². The van der Waals surface area contributed by atoms with Gasteiger partial charge in [-0.1, -0.05) is 42.5 Å². The molecule has 0 radical (unpaired) electrons. The number of carbonyl (C=O) groups excluding carboxylic acids is 1. The molecule has 31 heavy (non-hydrogen) atoms. The molecule has 3 N–H and O–H groups in total. The zero-order valence-electron chi connectivity index (χ0n) is 18.2. The van der Waals surface area contributed by atoms with Crippen molar-refractivity contribution in [1.29, 1.82) is 0 Å². The maximum atomic E-state index is 12.0. The quantitative estimate of drug-likeness (QED) is 0.362. The van der Waals surface area contributed by atoms with E-state index in [4.69, 9.17) is 4.74 Å². The second-order valence-corrected chi connectivity index (χ2v) is 8.22. The number of nitrogens with one attached hydrogen (secondary N) is 3. The fraction of sp³-hybridized carbons (Fsp3) is 0.440. The molecule has 2 atom stereocenters. The molecule has 1 amide bonds. The van der Waals surface area contributed by atoms with Crippen LogP contribution in [0.15, 0.2) is 53.5 Å². The molecule has 2 aromatic carbocycles. The number of amides is 1. The first kappa shape index (κ1) is 21.4. The van der Waals surface area contributed by atoms with Crippen LogP contribution in [-0.4, -0.2) is 38.6 Å². The van der Waals surface area contributed by atoms with Gasteiger partial charge in [-0.15, -0.1) is 0 Å². The Morgan fingerprint density at radius 2 is 1.94 bits per heavy atom. The Hall–Kier alpha value is -2.86. The van der Waals surface area contributed by atoms with E-state index in [-0.39, 0.29) is 17.9 Å². The Kier molecular flexibility index (Phi) is 7.20. The summed E-state index contributed by atoms with van der Waals surface area (Å²) in [5.74, 6) is 0.958. The standard InChI is InChI=1S/C25H32N4O2/c1-26-25(28-17-19-16-24(30)29-22-12-5-4-10-20(19)22)27-14-7-15-31-23-13-6-9-18-8-2-3-11-21(18)23/h2-5,8,10-12,19,23H,6-7,9,13-17H2,1H3,(H,29,30)(H2,26,27,28). The van der Waals surface area contributed by atoms with Crippen LogP contribution in [0.3, 0.4) is 0 Å². The van der Waals surface area contributed by atoms with Gasteiger partial charge < -0.3 is 20.7 Å². The number of para-hydroxylation sites is 1. The van der Waals surface area contributed by atoms with Gasteiger partial charge in [-0.05, 0) is 48.4 Å². The second-order valence-electron chi connectivity index (χ2n) is 8.22. The van der Waals surface area contributed by atoms with Gasteiger partial charge in [-0.3, -0.25) is 9.79 Å². The molecule has 2 aliphatic rings. The van der Waals surface area contributed by atoms with Crippen LogP contribution in [-0.2, 0) is 16.0 Å². The SMILES string of the molecule is CN=C(NCCCOC1CCCc2ccccc21)NCC1CC(=O)Nc2ccccc21. The van der Waals surface area contributed by atoms with Crippen LogP contribution >= 0.6 is 0 Å². The highest BCUT2D eigenvalue weighted by molar-refractivity contribution is 5.94. The summed E-state index contributed by atoms with van der Waals surface area (Å²) in [6.07, 6.45) is 5.07. The molecule has 0 spiro atoms. The first-order valence-corrected chi connectivity index (χ1v) is 11.3. The van der Waals surface area contributed by atoms with Crippen molar-refractivity contribution in [2.75, 3.05) is 32.1 Å². The molecule has 0 bridgehead atoms. The smallest absolute Gasteiger partial charge is 0.225 e. The van der Waals surface area contributed by atoms with Crippen molar-refractivity contribution >= 4 is 17.6 Å². The topological polar surface area (TPSA) is 74.8 Å². The zero-order chi connectivity index (χ0) is 21.5. The molecule has 6 nitrogen and oxygen atoms in total. The highest BCUT2D eigenvalue weighted by Crippen LogP contribution is 2.32. The van der Waals surface area contributed by atoms with E-state index in [0.717, 1.165) is 44.1 Å². The third-order valence-electron chi connectivity index (χ3n) is 6.09. The van der Waals surface area contributed by atoms with Crippen molar-refractivity contribution in [2.24, 2.45) is 4.99 Å². The van der Waals surface area contributed by atoms with Gasteiger partial charge in [-0.25, -0.2) is 0 Å². The normalized spacial score (nSPS) is 20.4. The number of ether oxygens (including phenoxy) is 1. The van der Waals surface area contributed by atoms with Gasteiger partial charge in [0.25, 0.3) is 0 Å². The molecule has 0 saturated carbocycles. The molecule has 0 aromatic heterocycles. The molecular weight excluding hydrogens is 388 g/mol. The van der Waals surface area contributed by atoms with E-state index < -0.39 is 0 Å². The Balaban J connectivity index is 1.19. The monoisotopic (exact) mass is 420 g/mol. The number of aliphatic imine (C=N–C) groups is 1. The highest BCUT2D eigenvalue weighted by Gasteiger charge is 2.24. The minimum Gasteiger partial charge on any atom is -0.373 e. The lowest BCUT2D eigenvalue weighted by Crippen LogP contribution is -2.41. The minimum absolute atomic E-state index is 0.0647. The lowest BCUT2D eigenvalue weighted by Gasteiger charge is -2.26. The lowest BCUT2D eigenvalue weighted by atomic mass is 9.89. The number of hydrogen-bond acceptors (Lipinski definition) is 3. The van der Waals surface area contributed by atoms with Gasteiger partial charge in [0, 0.05) is 44.8 Å². The molecule has 164 valence electrons. The summed E-state index contributed by atoms with van der Waals surface area (Å²) < 4.78 is 6.19. The van der Waals surface area contributed by atoms with Crippen LogP contribution in [0.1, 0.15) is 54.4 Å². The molecule has 4 rings (SSSR count). The number of nitrogens with zero attached hydrogens (tertiary/aromatic N) is 1. The number of benzene rings is 2. The third-order valence-corrected chi connectivity index (χ3v) is 6.09. The van der Waals surface area contributed by atoms with E-state index in [1.807, 2.05) is 18.2 Å². The van der Waals surface area contributed by atoms with E-state index in [1.165, 1.54) is 23.1 Å².